The van der Waals surface area contributed by atoms with E-state index in [2.05, 4.69) is 5.21 Å². The molecule has 0 unspecified atom stereocenters. The zero-order valence-corrected chi connectivity index (χ0v) is 7.00. The second kappa shape index (κ2) is 3.26. The van der Waals surface area contributed by atoms with E-state index in [1.165, 1.54) is 6.20 Å². The fourth-order valence-corrected chi connectivity index (χ4v) is 1.16. The first-order valence-corrected chi connectivity index (χ1v) is 4.01. The molecule has 0 saturated heterocycles. The van der Waals surface area contributed by atoms with Gasteiger partial charge in [0.15, 0.2) is 12.4 Å². The minimum Gasteiger partial charge on any atom is -0.691 e. The first-order valence-electron chi connectivity index (χ1n) is 4.01. The van der Waals surface area contributed by atoms with Crippen LogP contribution in [0.1, 0.15) is 5.56 Å². The normalized spacial score (nSPS) is 10.2. The van der Waals surface area contributed by atoms with Crippen molar-refractivity contribution in [1.29, 1.82) is 0 Å². The van der Waals surface area contributed by atoms with Gasteiger partial charge in [0.2, 0.25) is 0 Å². The van der Waals surface area contributed by atoms with Crippen molar-refractivity contribution < 1.29 is 4.85 Å². The standard InChI is InChI=1S/C9H9N3O/c13-12-7-6-11(10-12)8-9-4-2-1-3-5-9/h1-7H,8H2. The second-order valence-corrected chi connectivity index (χ2v) is 2.77. The van der Waals surface area contributed by atoms with Crippen molar-refractivity contribution in [2.45, 2.75) is 6.54 Å². The van der Waals surface area contributed by atoms with Crippen LogP contribution in [0.5, 0.6) is 0 Å². The summed E-state index contributed by atoms with van der Waals surface area (Å²) in [7, 11) is 0. The lowest BCUT2D eigenvalue weighted by Gasteiger charge is -1.94. The molecule has 0 amide bonds. The van der Waals surface area contributed by atoms with E-state index >= 15 is 0 Å². The average Bonchev–Trinajstić information content (AvgIpc) is 2.53. The van der Waals surface area contributed by atoms with Gasteiger partial charge in [0.05, 0.1) is 5.21 Å². The van der Waals surface area contributed by atoms with Crippen molar-refractivity contribution in [1.82, 2.24) is 9.90 Å². The monoisotopic (exact) mass is 175 g/mol. The fraction of sp³-hybridized carbons (Fsp3) is 0.111. The summed E-state index contributed by atoms with van der Waals surface area (Å²) in [4.78, 5) is 0.545. The van der Waals surface area contributed by atoms with E-state index in [4.69, 9.17) is 0 Å². The molecule has 0 fully saturated rings. The van der Waals surface area contributed by atoms with Gasteiger partial charge in [-0.3, -0.25) is 0 Å². The van der Waals surface area contributed by atoms with Gasteiger partial charge in [0, 0.05) is 0 Å². The molecule has 1 heterocycles. The Balaban J connectivity index is 2.15. The molecule has 0 spiro atoms. The van der Waals surface area contributed by atoms with Crippen molar-refractivity contribution in [2.24, 2.45) is 0 Å². The Kier molecular flexibility index (Phi) is 1.96. The number of nitrogens with zero attached hydrogens (tertiary/aromatic N) is 3. The third-order valence-corrected chi connectivity index (χ3v) is 1.76. The lowest BCUT2D eigenvalue weighted by Crippen LogP contribution is -2.28. The Hall–Kier alpha value is -1.84. The molecular formula is C9H9N3O. The molecule has 0 saturated carbocycles. The summed E-state index contributed by atoms with van der Waals surface area (Å²) in [5, 5.41) is 14.3. The van der Waals surface area contributed by atoms with E-state index in [-0.39, 0.29) is 0 Å². The fourth-order valence-electron chi connectivity index (χ4n) is 1.16. The largest absolute Gasteiger partial charge is 0.691 e. The van der Waals surface area contributed by atoms with Crippen LogP contribution >= 0.6 is 0 Å². The maximum absolute atomic E-state index is 10.7. The van der Waals surface area contributed by atoms with Gasteiger partial charge < -0.3 is 5.21 Å². The Morgan fingerprint density at radius 1 is 1.31 bits per heavy atom. The molecule has 2 aromatic rings. The molecule has 0 N–H and O–H groups in total. The van der Waals surface area contributed by atoms with Gasteiger partial charge in [-0.05, 0) is 5.56 Å². The highest BCUT2D eigenvalue weighted by atomic mass is 16.5. The van der Waals surface area contributed by atoms with Crippen molar-refractivity contribution in [3.05, 3.63) is 53.5 Å². The summed E-state index contributed by atoms with van der Waals surface area (Å²) in [6.07, 6.45) is 3.03. The van der Waals surface area contributed by atoms with Gasteiger partial charge in [0.1, 0.15) is 6.54 Å². The Labute approximate surface area is 75.6 Å². The molecule has 0 bridgehead atoms. The molecule has 2 rings (SSSR count). The third-order valence-electron chi connectivity index (χ3n) is 1.76. The number of aromatic nitrogens is 3. The molecule has 0 aliphatic rings. The van der Waals surface area contributed by atoms with Crippen LogP contribution in [0.25, 0.3) is 0 Å². The Bertz CT molecular complexity index is 383. The van der Waals surface area contributed by atoms with E-state index in [9.17, 15) is 5.21 Å². The average molecular weight is 175 g/mol. The molecule has 66 valence electrons. The first-order chi connectivity index (χ1) is 6.34. The highest BCUT2D eigenvalue weighted by Gasteiger charge is 2.00. The van der Waals surface area contributed by atoms with Gasteiger partial charge in [-0.2, -0.15) is 0 Å². The quantitative estimate of drug-likeness (QED) is 0.494. The molecule has 1 aromatic carbocycles. The number of rotatable bonds is 2. The maximum Gasteiger partial charge on any atom is 0.159 e. The van der Waals surface area contributed by atoms with Gasteiger partial charge in [0.25, 0.3) is 0 Å². The van der Waals surface area contributed by atoms with Crippen LogP contribution in [0, 0.1) is 5.21 Å². The molecule has 0 radical (unpaired) electrons. The summed E-state index contributed by atoms with van der Waals surface area (Å²) in [6.45, 7) is 0.635. The minimum absolute atomic E-state index is 0.545. The van der Waals surface area contributed by atoms with Crippen molar-refractivity contribution in [2.75, 3.05) is 0 Å². The first kappa shape index (κ1) is 7.79. The van der Waals surface area contributed by atoms with Crippen LogP contribution in [0.15, 0.2) is 42.7 Å². The van der Waals surface area contributed by atoms with Crippen LogP contribution in [0.4, 0.5) is 0 Å². The summed E-state index contributed by atoms with van der Waals surface area (Å²) < 4.78 is 1.60. The zero-order valence-electron chi connectivity index (χ0n) is 7.00. The van der Waals surface area contributed by atoms with E-state index < -0.39 is 0 Å². The van der Waals surface area contributed by atoms with Crippen LogP contribution < -0.4 is 4.85 Å². The summed E-state index contributed by atoms with van der Waals surface area (Å²) in [5.74, 6) is 0. The lowest BCUT2D eigenvalue weighted by atomic mass is 10.2. The van der Waals surface area contributed by atoms with Crippen molar-refractivity contribution in [3.63, 3.8) is 0 Å². The minimum atomic E-state index is 0.545. The molecule has 4 heteroatoms. The van der Waals surface area contributed by atoms with E-state index in [0.717, 1.165) is 5.56 Å². The van der Waals surface area contributed by atoms with Gasteiger partial charge in [-0.25, -0.2) is 0 Å². The summed E-state index contributed by atoms with van der Waals surface area (Å²) >= 11 is 0. The SMILES string of the molecule is [O-][n+]1ccn(Cc2ccccc2)n1. The molecule has 13 heavy (non-hydrogen) atoms. The lowest BCUT2D eigenvalue weighted by molar-refractivity contribution is -0.670. The van der Waals surface area contributed by atoms with Crippen LogP contribution in [-0.4, -0.2) is 9.90 Å². The van der Waals surface area contributed by atoms with Gasteiger partial charge in [-0.15, -0.1) is 9.53 Å². The molecule has 0 aliphatic carbocycles. The molecule has 0 aliphatic heterocycles. The maximum atomic E-state index is 10.7. The number of hydrogen-bond acceptors (Lipinski definition) is 2. The molecular weight excluding hydrogens is 166 g/mol. The highest BCUT2D eigenvalue weighted by Crippen LogP contribution is 1.99. The van der Waals surface area contributed by atoms with E-state index in [1.54, 1.807) is 10.9 Å². The van der Waals surface area contributed by atoms with Crippen LogP contribution in [0.2, 0.25) is 0 Å². The van der Waals surface area contributed by atoms with Crippen LogP contribution in [-0.2, 0) is 6.54 Å². The van der Waals surface area contributed by atoms with E-state index in [1.807, 2.05) is 30.3 Å². The van der Waals surface area contributed by atoms with Crippen molar-refractivity contribution >= 4 is 0 Å². The molecule has 0 atom stereocenters. The predicted octanol–water partition coefficient (Wildman–Crippen LogP) is 0.565. The second-order valence-electron chi connectivity index (χ2n) is 2.77. The zero-order chi connectivity index (χ0) is 9.10. The molecule has 4 nitrogen and oxygen atoms in total. The summed E-state index contributed by atoms with van der Waals surface area (Å²) in [6, 6.07) is 9.88. The third kappa shape index (κ3) is 1.84. The van der Waals surface area contributed by atoms with Crippen molar-refractivity contribution in [3.8, 4) is 0 Å². The van der Waals surface area contributed by atoms with Gasteiger partial charge >= 0.3 is 0 Å². The highest BCUT2D eigenvalue weighted by molar-refractivity contribution is 5.14. The van der Waals surface area contributed by atoms with Gasteiger partial charge in [-0.1, -0.05) is 30.3 Å². The smallest absolute Gasteiger partial charge is 0.159 e. The Morgan fingerprint density at radius 3 is 2.69 bits per heavy atom. The van der Waals surface area contributed by atoms with Crippen LogP contribution in [0.3, 0.4) is 0 Å². The topological polar surface area (TPSA) is 44.8 Å². The predicted molar refractivity (Wildman–Crippen MR) is 46.7 cm³/mol. The molecule has 1 aromatic heterocycles. The number of benzene rings is 1. The Morgan fingerprint density at radius 2 is 2.08 bits per heavy atom. The summed E-state index contributed by atoms with van der Waals surface area (Å²) in [5.41, 5.74) is 1.13. The number of hydrogen-bond donors (Lipinski definition) is 0. The van der Waals surface area contributed by atoms with E-state index in [0.29, 0.717) is 11.4 Å².